The highest BCUT2D eigenvalue weighted by atomic mass is 32.2. The fraction of sp³-hybridized carbons (Fsp3) is 0.533. The molecule has 1 aliphatic rings. The summed E-state index contributed by atoms with van der Waals surface area (Å²) >= 11 is 1.73. The van der Waals surface area contributed by atoms with E-state index < -0.39 is 0 Å². The lowest BCUT2D eigenvalue weighted by Crippen LogP contribution is -2.48. The molecule has 4 heteroatoms. The van der Waals surface area contributed by atoms with E-state index in [0.717, 1.165) is 31.9 Å². The molecule has 1 amide bonds. The standard InChI is InChI=1S/C15H22N2OS/c1-12-4-3-5-14(10-12)11-19-13(2)15(18)17-8-6-16-7-9-17/h3-5,10,13,16H,6-9,11H2,1-2H3. The predicted molar refractivity (Wildman–Crippen MR) is 81.4 cm³/mol. The first-order valence-electron chi connectivity index (χ1n) is 6.83. The van der Waals surface area contributed by atoms with Crippen LogP contribution >= 0.6 is 11.8 Å². The Labute approximate surface area is 119 Å². The summed E-state index contributed by atoms with van der Waals surface area (Å²) in [5, 5.41) is 3.31. The van der Waals surface area contributed by atoms with Gasteiger partial charge in [-0.1, -0.05) is 29.8 Å². The van der Waals surface area contributed by atoms with E-state index in [1.807, 2.05) is 11.8 Å². The quantitative estimate of drug-likeness (QED) is 0.915. The lowest BCUT2D eigenvalue weighted by molar-refractivity contribution is -0.130. The van der Waals surface area contributed by atoms with Gasteiger partial charge in [0.15, 0.2) is 0 Å². The molecule has 0 aliphatic carbocycles. The number of rotatable bonds is 4. The molecule has 1 aromatic carbocycles. The first kappa shape index (κ1) is 14.4. The number of hydrogen-bond donors (Lipinski definition) is 1. The fourth-order valence-corrected chi connectivity index (χ4v) is 3.15. The van der Waals surface area contributed by atoms with Crippen molar-refractivity contribution in [3.05, 3.63) is 35.4 Å². The van der Waals surface area contributed by atoms with Crippen molar-refractivity contribution >= 4 is 17.7 Å². The second-order valence-corrected chi connectivity index (χ2v) is 6.35. The zero-order valence-corrected chi connectivity index (χ0v) is 12.5. The summed E-state index contributed by atoms with van der Waals surface area (Å²) < 4.78 is 0. The average Bonchev–Trinajstić information content (AvgIpc) is 2.45. The zero-order valence-electron chi connectivity index (χ0n) is 11.7. The van der Waals surface area contributed by atoms with E-state index in [1.54, 1.807) is 11.8 Å². The molecule has 19 heavy (non-hydrogen) atoms. The largest absolute Gasteiger partial charge is 0.339 e. The summed E-state index contributed by atoms with van der Waals surface area (Å²) in [7, 11) is 0. The topological polar surface area (TPSA) is 32.3 Å². The summed E-state index contributed by atoms with van der Waals surface area (Å²) in [6, 6.07) is 8.49. The molecule has 3 nitrogen and oxygen atoms in total. The van der Waals surface area contributed by atoms with Crippen LogP contribution in [0.15, 0.2) is 24.3 Å². The highest BCUT2D eigenvalue weighted by Crippen LogP contribution is 2.20. The second kappa shape index (κ2) is 6.96. The Kier molecular flexibility index (Phi) is 5.28. The van der Waals surface area contributed by atoms with E-state index in [4.69, 9.17) is 0 Å². The van der Waals surface area contributed by atoms with Gasteiger partial charge >= 0.3 is 0 Å². The molecule has 104 valence electrons. The molecule has 1 atom stereocenters. The number of nitrogens with one attached hydrogen (secondary N) is 1. The Morgan fingerprint density at radius 1 is 1.42 bits per heavy atom. The summed E-state index contributed by atoms with van der Waals surface area (Å²) in [6.45, 7) is 7.64. The number of thioether (sulfide) groups is 1. The maximum Gasteiger partial charge on any atom is 0.235 e. The summed E-state index contributed by atoms with van der Waals surface area (Å²) in [5.74, 6) is 1.18. The maximum absolute atomic E-state index is 12.3. The molecule has 1 unspecified atom stereocenters. The zero-order chi connectivity index (χ0) is 13.7. The first-order valence-corrected chi connectivity index (χ1v) is 7.88. The SMILES string of the molecule is Cc1cccc(CSC(C)C(=O)N2CCNCC2)c1. The van der Waals surface area contributed by atoms with Crippen LogP contribution in [0.25, 0.3) is 0 Å². The number of carbonyl (C=O) groups excluding carboxylic acids is 1. The van der Waals surface area contributed by atoms with E-state index in [-0.39, 0.29) is 11.2 Å². The number of hydrogen-bond acceptors (Lipinski definition) is 3. The molecule has 1 heterocycles. The maximum atomic E-state index is 12.3. The van der Waals surface area contributed by atoms with Gasteiger partial charge < -0.3 is 10.2 Å². The molecule has 0 bridgehead atoms. The van der Waals surface area contributed by atoms with Gasteiger partial charge in [-0.25, -0.2) is 0 Å². The Morgan fingerprint density at radius 3 is 2.84 bits per heavy atom. The lowest BCUT2D eigenvalue weighted by Gasteiger charge is -2.29. The van der Waals surface area contributed by atoms with Crippen LogP contribution in [0.2, 0.25) is 0 Å². The van der Waals surface area contributed by atoms with Gasteiger partial charge in [0.05, 0.1) is 5.25 Å². The Bertz CT molecular complexity index is 430. The van der Waals surface area contributed by atoms with Crippen molar-refractivity contribution in [3.63, 3.8) is 0 Å². The number of amides is 1. The minimum absolute atomic E-state index is 0.0404. The molecule has 1 aliphatic heterocycles. The van der Waals surface area contributed by atoms with E-state index in [9.17, 15) is 4.79 Å². The predicted octanol–water partition coefficient (Wildman–Crippen LogP) is 2.05. The van der Waals surface area contributed by atoms with Gasteiger partial charge in [-0.2, -0.15) is 0 Å². The third kappa shape index (κ3) is 4.25. The van der Waals surface area contributed by atoms with Crippen molar-refractivity contribution in [1.29, 1.82) is 0 Å². The molecule has 0 radical (unpaired) electrons. The van der Waals surface area contributed by atoms with E-state index in [2.05, 4.69) is 36.5 Å². The van der Waals surface area contributed by atoms with Crippen LogP contribution in [0.1, 0.15) is 18.1 Å². The van der Waals surface area contributed by atoms with Crippen molar-refractivity contribution in [2.24, 2.45) is 0 Å². The van der Waals surface area contributed by atoms with Gasteiger partial charge in [-0.15, -0.1) is 11.8 Å². The summed E-state index contributed by atoms with van der Waals surface area (Å²) in [6.07, 6.45) is 0. The first-order chi connectivity index (χ1) is 9.16. The van der Waals surface area contributed by atoms with Crippen LogP contribution in [-0.2, 0) is 10.5 Å². The van der Waals surface area contributed by atoms with E-state index in [0.29, 0.717) is 0 Å². The Morgan fingerprint density at radius 2 is 2.16 bits per heavy atom. The van der Waals surface area contributed by atoms with Crippen LogP contribution < -0.4 is 5.32 Å². The molecule has 2 rings (SSSR count). The molecule has 1 fully saturated rings. The number of nitrogens with zero attached hydrogens (tertiary/aromatic N) is 1. The third-order valence-electron chi connectivity index (χ3n) is 3.36. The van der Waals surface area contributed by atoms with Crippen LogP contribution in [0.4, 0.5) is 0 Å². The lowest BCUT2D eigenvalue weighted by atomic mass is 10.2. The van der Waals surface area contributed by atoms with Crippen molar-refractivity contribution in [1.82, 2.24) is 10.2 Å². The molecule has 0 saturated carbocycles. The third-order valence-corrected chi connectivity index (χ3v) is 4.56. The van der Waals surface area contributed by atoms with Gasteiger partial charge in [-0.05, 0) is 19.4 Å². The van der Waals surface area contributed by atoms with Crippen molar-refractivity contribution < 1.29 is 4.79 Å². The van der Waals surface area contributed by atoms with Crippen LogP contribution in [-0.4, -0.2) is 42.2 Å². The van der Waals surface area contributed by atoms with Crippen molar-refractivity contribution in [2.45, 2.75) is 24.9 Å². The van der Waals surface area contributed by atoms with Crippen molar-refractivity contribution in [3.8, 4) is 0 Å². The summed E-state index contributed by atoms with van der Waals surface area (Å²) in [5.41, 5.74) is 2.57. The molecular formula is C15H22N2OS. The minimum Gasteiger partial charge on any atom is -0.339 e. The fourth-order valence-electron chi connectivity index (χ4n) is 2.24. The average molecular weight is 278 g/mol. The number of benzene rings is 1. The second-order valence-electron chi connectivity index (χ2n) is 5.02. The van der Waals surface area contributed by atoms with Crippen LogP contribution in [0.5, 0.6) is 0 Å². The molecule has 0 aromatic heterocycles. The normalized spacial score (nSPS) is 17.3. The summed E-state index contributed by atoms with van der Waals surface area (Å²) in [4.78, 5) is 14.2. The van der Waals surface area contributed by atoms with Gasteiger partial charge in [0.25, 0.3) is 0 Å². The monoisotopic (exact) mass is 278 g/mol. The molecule has 1 aromatic rings. The van der Waals surface area contributed by atoms with Crippen molar-refractivity contribution in [2.75, 3.05) is 26.2 Å². The number of piperazine rings is 1. The Balaban J connectivity index is 1.83. The minimum atomic E-state index is 0.0404. The number of carbonyl (C=O) groups is 1. The Hall–Kier alpha value is -1.00. The van der Waals surface area contributed by atoms with Crippen LogP contribution in [0, 0.1) is 6.92 Å². The van der Waals surface area contributed by atoms with Gasteiger partial charge in [0, 0.05) is 31.9 Å². The highest BCUT2D eigenvalue weighted by molar-refractivity contribution is 7.99. The van der Waals surface area contributed by atoms with Gasteiger partial charge in [-0.3, -0.25) is 4.79 Å². The van der Waals surface area contributed by atoms with E-state index in [1.165, 1.54) is 11.1 Å². The van der Waals surface area contributed by atoms with Gasteiger partial charge in [0.1, 0.15) is 0 Å². The molecular weight excluding hydrogens is 256 g/mol. The van der Waals surface area contributed by atoms with E-state index >= 15 is 0 Å². The van der Waals surface area contributed by atoms with Crippen LogP contribution in [0.3, 0.4) is 0 Å². The number of aryl methyl sites for hydroxylation is 1. The molecule has 1 N–H and O–H groups in total. The molecule has 1 saturated heterocycles. The molecule has 0 spiro atoms. The van der Waals surface area contributed by atoms with Gasteiger partial charge in [0.2, 0.25) is 5.91 Å². The smallest absolute Gasteiger partial charge is 0.235 e. The highest BCUT2D eigenvalue weighted by Gasteiger charge is 2.22.